The van der Waals surface area contributed by atoms with E-state index in [0.29, 0.717) is 13.2 Å². The number of halogens is 1. The number of nitro groups is 2. The molecule has 0 aliphatic carbocycles. The van der Waals surface area contributed by atoms with Gasteiger partial charge >= 0.3 is 5.69 Å². The summed E-state index contributed by atoms with van der Waals surface area (Å²) in [6.45, 7) is 0.967. The summed E-state index contributed by atoms with van der Waals surface area (Å²) in [5.41, 5.74) is 5.01. The van der Waals surface area contributed by atoms with Crippen LogP contribution in [0.2, 0.25) is 5.02 Å². The van der Waals surface area contributed by atoms with Crippen LogP contribution in [0.1, 0.15) is 6.42 Å². The van der Waals surface area contributed by atoms with E-state index in [-0.39, 0.29) is 46.7 Å². The zero-order valence-electron chi connectivity index (χ0n) is 16.8. The van der Waals surface area contributed by atoms with Crippen molar-refractivity contribution in [2.24, 2.45) is 10.2 Å². The largest absolute Gasteiger partial charge is 0.397 e. The van der Waals surface area contributed by atoms with Crippen LogP contribution in [-0.4, -0.2) is 42.7 Å². The number of ether oxygens (including phenoxy) is 2. The van der Waals surface area contributed by atoms with Gasteiger partial charge in [0.15, 0.2) is 5.69 Å². The molecule has 0 atom stereocenters. The summed E-state index contributed by atoms with van der Waals surface area (Å²) in [6, 6.07) is 6.02. The van der Waals surface area contributed by atoms with Crippen LogP contribution in [0.3, 0.4) is 0 Å². The maximum absolute atomic E-state index is 12.1. The van der Waals surface area contributed by atoms with Gasteiger partial charge in [0.1, 0.15) is 0 Å². The number of hydrogen-bond acceptors (Lipinski definition) is 10. The van der Waals surface area contributed by atoms with Crippen LogP contribution in [0.25, 0.3) is 0 Å². The highest BCUT2D eigenvalue weighted by Crippen LogP contribution is 2.39. The lowest BCUT2D eigenvalue weighted by molar-refractivity contribution is -0.393. The van der Waals surface area contributed by atoms with Crippen molar-refractivity contribution in [1.82, 2.24) is 0 Å². The molecule has 0 fully saturated rings. The molecule has 0 saturated carbocycles. The highest BCUT2D eigenvalue weighted by molar-refractivity contribution is 6.33. The molecule has 0 radical (unpaired) electrons. The number of carbonyl (C=O) groups excluding carboxylic acids is 1. The third-order valence-corrected chi connectivity index (χ3v) is 4.21. The zero-order valence-corrected chi connectivity index (χ0v) is 17.6. The molecule has 1 amide bonds. The smallest absolute Gasteiger partial charge is 0.305 e. The van der Waals surface area contributed by atoms with Gasteiger partial charge in [-0.1, -0.05) is 11.6 Å². The highest BCUT2D eigenvalue weighted by Gasteiger charge is 2.23. The van der Waals surface area contributed by atoms with Gasteiger partial charge in [-0.05, 0) is 18.2 Å². The number of benzene rings is 2. The number of anilines is 2. The Morgan fingerprint density at radius 2 is 1.88 bits per heavy atom. The second kappa shape index (κ2) is 11.6. The molecular formula is C18H19ClN6O7. The predicted molar refractivity (Wildman–Crippen MR) is 116 cm³/mol. The third kappa shape index (κ3) is 6.94. The minimum Gasteiger partial charge on any atom is -0.397 e. The van der Waals surface area contributed by atoms with Crippen LogP contribution in [0.4, 0.5) is 34.1 Å². The van der Waals surface area contributed by atoms with Gasteiger partial charge in [-0.15, -0.1) is 5.11 Å². The van der Waals surface area contributed by atoms with Crippen molar-refractivity contribution in [2.75, 3.05) is 38.0 Å². The molecule has 0 aromatic heterocycles. The summed E-state index contributed by atoms with van der Waals surface area (Å²) in [4.78, 5) is 32.6. The summed E-state index contributed by atoms with van der Waals surface area (Å²) in [7, 11) is 1.54. The molecule has 14 heteroatoms. The minimum atomic E-state index is -0.851. The zero-order chi connectivity index (χ0) is 23.7. The van der Waals surface area contributed by atoms with Crippen molar-refractivity contribution >= 4 is 51.6 Å². The molecule has 2 aromatic rings. The first-order valence-corrected chi connectivity index (χ1v) is 9.41. The second-order valence-electron chi connectivity index (χ2n) is 6.18. The topological polar surface area (TPSA) is 185 Å². The molecule has 0 spiro atoms. The molecule has 2 rings (SSSR count). The molecule has 3 N–H and O–H groups in total. The number of nitrogens with two attached hydrogens (primary N) is 1. The van der Waals surface area contributed by atoms with E-state index < -0.39 is 21.2 Å². The number of non-ortho nitro benzene ring substituents is 1. The molecular weight excluding hydrogens is 448 g/mol. The number of methoxy groups -OCH3 is 1. The molecule has 0 bridgehead atoms. The Labute approximate surface area is 186 Å². The van der Waals surface area contributed by atoms with Crippen molar-refractivity contribution in [2.45, 2.75) is 6.42 Å². The van der Waals surface area contributed by atoms with E-state index in [0.717, 1.165) is 12.1 Å². The molecule has 32 heavy (non-hydrogen) atoms. The Morgan fingerprint density at radius 1 is 1.12 bits per heavy atom. The Morgan fingerprint density at radius 3 is 2.53 bits per heavy atom. The second-order valence-corrected chi connectivity index (χ2v) is 6.59. The number of nitrogens with one attached hydrogen (secondary N) is 1. The number of carbonyl (C=O) groups is 1. The van der Waals surface area contributed by atoms with Crippen LogP contribution < -0.4 is 11.1 Å². The normalized spacial score (nSPS) is 10.9. The van der Waals surface area contributed by atoms with Crippen LogP contribution in [0.5, 0.6) is 0 Å². The Kier molecular flexibility index (Phi) is 8.95. The van der Waals surface area contributed by atoms with E-state index in [1.165, 1.54) is 25.3 Å². The van der Waals surface area contributed by atoms with Crippen LogP contribution in [-0.2, 0) is 14.3 Å². The van der Waals surface area contributed by atoms with Crippen molar-refractivity contribution in [3.63, 3.8) is 0 Å². The maximum atomic E-state index is 12.1. The van der Waals surface area contributed by atoms with E-state index in [1.54, 1.807) is 0 Å². The van der Waals surface area contributed by atoms with Crippen LogP contribution in [0.15, 0.2) is 40.6 Å². The quantitative estimate of drug-likeness (QED) is 0.162. The fourth-order valence-corrected chi connectivity index (χ4v) is 2.60. The van der Waals surface area contributed by atoms with E-state index in [9.17, 15) is 25.0 Å². The van der Waals surface area contributed by atoms with Crippen molar-refractivity contribution in [1.29, 1.82) is 0 Å². The monoisotopic (exact) mass is 466 g/mol. The summed E-state index contributed by atoms with van der Waals surface area (Å²) >= 11 is 5.94. The predicted octanol–water partition coefficient (Wildman–Crippen LogP) is 4.15. The summed E-state index contributed by atoms with van der Waals surface area (Å²) < 4.78 is 10.1. The van der Waals surface area contributed by atoms with Crippen molar-refractivity contribution in [3.05, 3.63) is 55.6 Å². The average Bonchev–Trinajstić information content (AvgIpc) is 2.74. The maximum Gasteiger partial charge on any atom is 0.305 e. The minimum absolute atomic E-state index is 0.0828. The van der Waals surface area contributed by atoms with Gasteiger partial charge in [-0.25, -0.2) is 0 Å². The molecule has 170 valence electrons. The molecule has 13 nitrogen and oxygen atoms in total. The van der Waals surface area contributed by atoms with E-state index in [1.807, 2.05) is 0 Å². The Hall–Kier alpha value is -3.68. The molecule has 0 aliphatic heterocycles. The van der Waals surface area contributed by atoms with E-state index in [4.69, 9.17) is 26.8 Å². The van der Waals surface area contributed by atoms with Gasteiger partial charge < -0.3 is 20.5 Å². The molecule has 0 heterocycles. The van der Waals surface area contributed by atoms with Gasteiger partial charge in [0.05, 0.1) is 64.2 Å². The fourth-order valence-electron chi connectivity index (χ4n) is 2.36. The third-order valence-electron chi connectivity index (χ3n) is 3.92. The fraction of sp³-hybridized carbons (Fsp3) is 0.278. The number of nitrogens with zero attached hydrogens (tertiary/aromatic N) is 4. The number of amides is 1. The summed E-state index contributed by atoms with van der Waals surface area (Å²) in [5.74, 6) is -0.350. The summed E-state index contributed by atoms with van der Waals surface area (Å²) in [6.07, 6.45) is 0.0828. The van der Waals surface area contributed by atoms with Crippen LogP contribution >= 0.6 is 11.6 Å². The molecule has 0 saturated heterocycles. The SMILES string of the molecule is COCCOCCC(=O)Nc1cc(N=Nc2c(Cl)cc([N+](=O)[O-])cc2[N+](=O)[O-])ccc1N. The van der Waals surface area contributed by atoms with Crippen molar-refractivity contribution < 1.29 is 24.1 Å². The summed E-state index contributed by atoms with van der Waals surface area (Å²) in [5, 5.41) is 32.1. The Balaban J connectivity index is 2.18. The van der Waals surface area contributed by atoms with Gasteiger partial charge in [0.2, 0.25) is 5.91 Å². The first-order chi connectivity index (χ1) is 15.2. The van der Waals surface area contributed by atoms with Gasteiger partial charge in [-0.2, -0.15) is 5.11 Å². The first-order valence-electron chi connectivity index (χ1n) is 9.03. The molecule has 0 aliphatic rings. The standard InChI is InChI=1S/C18H19ClN6O7/c1-31-6-7-32-5-4-17(26)21-15-8-11(2-3-14(15)20)22-23-18-13(19)9-12(24(27)28)10-16(18)25(29)30/h2-3,8-10H,4-7,20H2,1H3,(H,21,26). The van der Waals surface area contributed by atoms with E-state index in [2.05, 4.69) is 15.5 Å². The lowest BCUT2D eigenvalue weighted by Gasteiger charge is -2.09. The molecule has 2 aromatic carbocycles. The number of nitro benzene ring substituents is 2. The number of nitrogen functional groups attached to an aromatic ring is 1. The van der Waals surface area contributed by atoms with Crippen molar-refractivity contribution in [3.8, 4) is 0 Å². The first kappa shape index (κ1) is 24.6. The number of hydrogen-bond donors (Lipinski definition) is 2. The average molecular weight is 467 g/mol. The van der Waals surface area contributed by atoms with Gasteiger partial charge in [-0.3, -0.25) is 25.0 Å². The lowest BCUT2D eigenvalue weighted by atomic mass is 10.2. The van der Waals surface area contributed by atoms with Gasteiger partial charge in [0.25, 0.3) is 5.69 Å². The highest BCUT2D eigenvalue weighted by atomic mass is 35.5. The number of rotatable bonds is 11. The van der Waals surface area contributed by atoms with E-state index >= 15 is 0 Å². The Bertz CT molecular complexity index is 1050. The van der Waals surface area contributed by atoms with Gasteiger partial charge in [0, 0.05) is 13.2 Å². The number of azo groups is 1. The van der Waals surface area contributed by atoms with Crippen LogP contribution in [0, 0.1) is 20.2 Å². The molecule has 0 unspecified atom stereocenters. The lowest BCUT2D eigenvalue weighted by Crippen LogP contribution is -2.16.